The number of ether oxygens (including phenoxy) is 1. The Balaban J connectivity index is 1.69. The van der Waals surface area contributed by atoms with Crippen LogP contribution in [0.15, 0.2) is 42.5 Å². The molecule has 0 spiro atoms. The van der Waals surface area contributed by atoms with Crippen molar-refractivity contribution in [2.75, 3.05) is 23.9 Å². The molecule has 1 N–H and O–H groups in total. The van der Waals surface area contributed by atoms with Gasteiger partial charge in [-0.15, -0.1) is 23.5 Å². The zero-order valence-electron chi connectivity index (χ0n) is 12.5. The number of methoxy groups -OCH3 is 1. The fourth-order valence-electron chi connectivity index (χ4n) is 2.29. The van der Waals surface area contributed by atoms with Gasteiger partial charge < -0.3 is 10.1 Å². The van der Waals surface area contributed by atoms with E-state index in [-0.39, 0.29) is 5.91 Å². The quantitative estimate of drug-likeness (QED) is 0.820. The van der Waals surface area contributed by atoms with Crippen molar-refractivity contribution >= 4 is 46.7 Å². The Kier molecular flexibility index (Phi) is 5.41. The lowest BCUT2D eigenvalue weighted by atomic mass is 10.1. The third-order valence-corrected chi connectivity index (χ3v) is 6.88. The first-order valence-corrected chi connectivity index (χ1v) is 9.63. The van der Waals surface area contributed by atoms with E-state index < -0.39 is 0 Å². The first kappa shape index (κ1) is 16.6. The maximum Gasteiger partial charge on any atom is 0.255 e. The molecule has 1 aliphatic heterocycles. The normalized spacial score (nSPS) is 14.7. The summed E-state index contributed by atoms with van der Waals surface area (Å²) in [5.74, 6) is 2.82. The molecule has 23 heavy (non-hydrogen) atoms. The first-order chi connectivity index (χ1) is 11.2. The molecule has 0 atom stereocenters. The van der Waals surface area contributed by atoms with E-state index in [9.17, 15) is 4.79 Å². The predicted molar refractivity (Wildman–Crippen MR) is 100 cm³/mol. The molecule has 0 aliphatic carbocycles. The Morgan fingerprint density at radius 1 is 1.17 bits per heavy atom. The highest BCUT2D eigenvalue weighted by Gasteiger charge is 2.18. The Labute approximate surface area is 149 Å². The van der Waals surface area contributed by atoms with Crippen LogP contribution in [0.3, 0.4) is 0 Å². The van der Waals surface area contributed by atoms with Crippen molar-refractivity contribution in [1.82, 2.24) is 0 Å². The molecule has 6 heteroatoms. The second-order valence-electron chi connectivity index (χ2n) is 5.00. The van der Waals surface area contributed by atoms with Crippen LogP contribution in [0.2, 0.25) is 5.02 Å². The van der Waals surface area contributed by atoms with E-state index in [0.29, 0.717) is 26.6 Å². The summed E-state index contributed by atoms with van der Waals surface area (Å²) in [7, 11) is 1.56. The lowest BCUT2D eigenvalue weighted by Crippen LogP contribution is -2.11. The van der Waals surface area contributed by atoms with Gasteiger partial charge in [0.15, 0.2) is 0 Å². The SMILES string of the molecule is COc1ccc(NC(=O)c2ccc(C3SCCS3)cc2)cc1Cl. The van der Waals surface area contributed by atoms with Crippen LogP contribution >= 0.6 is 35.1 Å². The number of anilines is 1. The van der Waals surface area contributed by atoms with Crippen molar-refractivity contribution in [3.63, 3.8) is 0 Å². The molecule has 1 aliphatic rings. The van der Waals surface area contributed by atoms with Crippen LogP contribution in [0.5, 0.6) is 5.75 Å². The van der Waals surface area contributed by atoms with Crippen molar-refractivity contribution in [1.29, 1.82) is 0 Å². The fourth-order valence-corrected chi connectivity index (χ4v) is 5.41. The van der Waals surface area contributed by atoms with Gasteiger partial charge in [-0.2, -0.15) is 0 Å². The summed E-state index contributed by atoms with van der Waals surface area (Å²) in [4.78, 5) is 12.3. The molecule has 0 unspecified atom stereocenters. The van der Waals surface area contributed by atoms with Crippen molar-refractivity contribution in [2.24, 2.45) is 0 Å². The largest absolute Gasteiger partial charge is 0.495 e. The van der Waals surface area contributed by atoms with Crippen molar-refractivity contribution < 1.29 is 9.53 Å². The highest BCUT2D eigenvalue weighted by Crippen LogP contribution is 2.45. The van der Waals surface area contributed by atoms with E-state index in [1.165, 1.54) is 17.1 Å². The standard InChI is InChI=1S/C17H16ClNO2S2/c1-21-15-7-6-13(10-14(15)18)19-16(20)11-2-4-12(5-3-11)17-22-8-9-23-17/h2-7,10,17H,8-9H2,1H3,(H,19,20). The molecule has 3 nitrogen and oxygen atoms in total. The molecule has 1 fully saturated rings. The fraction of sp³-hybridized carbons (Fsp3) is 0.235. The Morgan fingerprint density at radius 3 is 2.48 bits per heavy atom. The van der Waals surface area contributed by atoms with Crippen LogP contribution in [0.4, 0.5) is 5.69 Å². The van der Waals surface area contributed by atoms with Crippen molar-refractivity contribution in [3.8, 4) is 5.75 Å². The molecule has 120 valence electrons. The van der Waals surface area contributed by atoms with Gasteiger partial charge in [0.25, 0.3) is 5.91 Å². The van der Waals surface area contributed by atoms with E-state index in [1.807, 2.05) is 47.8 Å². The number of amides is 1. The molecule has 3 rings (SSSR count). The van der Waals surface area contributed by atoms with Crippen LogP contribution in [0.1, 0.15) is 20.5 Å². The van der Waals surface area contributed by atoms with Gasteiger partial charge in [0.05, 0.1) is 16.7 Å². The predicted octanol–water partition coefficient (Wildman–Crippen LogP) is 5.08. The maximum atomic E-state index is 12.3. The molecule has 0 aromatic heterocycles. The number of hydrogen-bond acceptors (Lipinski definition) is 4. The highest BCUT2D eigenvalue weighted by atomic mass is 35.5. The molecule has 1 saturated heterocycles. The number of carbonyl (C=O) groups is 1. The summed E-state index contributed by atoms with van der Waals surface area (Å²) in [6.45, 7) is 0. The zero-order valence-corrected chi connectivity index (χ0v) is 14.9. The summed E-state index contributed by atoms with van der Waals surface area (Å²) in [6.07, 6.45) is 0. The van der Waals surface area contributed by atoms with Gasteiger partial charge in [-0.3, -0.25) is 4.79 Å². The highest BCUT2D eigenvalue weighted by molar-refractivity contribution is 8.19. The minimum atomic E-state index is -0.149. The van der Waals surface area contributed by atoms with Gasteiger partial charge in [-0.1, -0.05) is 23.7 Å². The van der Waals surface area contributed by atoms with Gasteiger partial charge in [-0.25, -0.2) is 0 Å². The number of benzene rings is 2. The summed E-state index contributed by atoms with van der Waals surface area (Å²) in [5, 5.41) is 3.32. The van der Waals surface area contributed by atoms with E-state index in [4.69, 9.17) is 16.3 Å². The molecule has 1 amide bonds. The molecule has 2 aromatic carbocycles. The average molecular weight is 366 g/mol. The molecule has 2 aromatic rings. The van der Waals surface area contributed by atoms with Crippen LogP contribution in [-0.2, 0) is 0 Å². The molecule has 0 saturated carbocycles. The molecule has 0 radical (unpaired) electrons. The number of carbonyl (C=O) groups excluding carboxylic acids is 1. The van der Waals surface area contributed by atoms with Crippen LogP contribution in [0.25, 0.3) is 0 Å². The first-order valence-electron chi connectivity index (χ1n) is 7.15. The van der Waals surface area contributed by atoms with Crippen LogP contribution in [0, 0.1) is 0 Å². The number of rotatable bonds is 4. The van der Waals surface area contributed by atoms with Crippen LogP contribution in [-0.4, -0.2) is 24.5 Å². The second-order valence-corrected chi connectivity index (χ2v) is 8.13. The van der Waals surface area contributed by atoms with Gasteiger partial charge >= 0.3 is 0 Å². The number of thioether (sulfide) groups is 2. The number of halogens is 1. The minimum absolute atomic E-state index is 0.149. The molecule has 1 heterocycles. The monoisotopic (exact) mass is 365 g/mol. The summed E-state index contributed by atoms with van der Waals surface area (Å²) < 4.78 is 5.60. The van der Waals surface area contributed by atoms with E-state index in [1.54, 1.807) is 25.3 Å². The smallest absolute Gasteiger partial charge is 0.255 e. The summed E-state index contributed by atoms with van der Waals surface area (Å²) >= 11 is 9.98. The zero-order chi connectivity index (χ0) is 16.2. The van der Waals surface area contributed by atoms with E-state index in [2.05, 4.69) is 5.32 Å². The second kappa shape index (κ2) is 7.51. The molecule has 0 bridgehead atoms. The van der Waals surface area contributed by atoms with Crippen molar-refractivity contribution in [2.45, 2.75) is 4.58 Å². The van der Waals surface area contributed by atoms with Gasteiger partial charge in [0.2, 0.25) is 0 Å². The van der Waals surface area contributed by atoms with Gasteiger partial charge in [-0.05, 0) is 35.9 Å². The van der Waals surface area contributed by atoms with Crippen LogP contribution < -0.4 is 10.1 Å². The Bertz CT molecular complexity index is 700. The topological polar surface area (TPSA) is 38.3 Å². The number of hydrogen-bond donors (Lipinski definition) is 1. The summed E-state index contributed by atoms with van der Waals surface area (Å²) in [5.41, 5.74) is 2.54. The average Bonchev–Trinajstić information content (AvgIpc) is 3.09. The van der Waals surface area contributed by atoms with E-state index in [0.717, 1.165) is 0 Å². The number of nitrogens with one attached hydrogen (secondary N) is 1. The maximum absolute atomic E-state index is 12.3. The third-order valence-electron chi connectivity index (χ3n) is 3.48. The van der Waals surface area contributed by atoms with Gasteiger partial charge in [0.1, 0.15) is 5.75 Å². The lowest BCUT2D eigenvalue weighted by Gasteiger charge is -2.10. The Morgan fingerprint density at radius 2 is 1.87 bits per heavy atom. The lowest BCUT2D eigenvalue weighted by molar-refractivity contribution is 0.102. The third kappa shape index (κ3) is 3.97. The summed E-state index contributed by atoms with van der Waals surface area (Å²) in [6, 6.07) is 13.0. The molecular weight excluding hydrogens is 350 g/mol. The molecular formula is C17H16ClNO2S2. The van der Waals surface area contributed by atoms with E-state index >= 15 is 0 Å². The van der Waals surface area contributed by atoms with Gasteiger partial charge in [0, 0.05) is 22.8 Å². The minimum Gasteiger partial charge on any atom is -0.495 e. The van der Waals surface area contributed by atoms with Crippen molar-refractivity contribution in [3.05, 3.63) is 58.6 Å². The Hall–Kier alpha value is -1.30.